The van der Waals surface area contributed by atoms with Crippen molar-refractivity contribution in [3.05, 3.63) is 30.1 Å². The number of hydrogen-bond acceptors (Lipinski definition) is 2. The maximum absolute atomic E-state index is 4.28. The Morgan fingerprint density at radius 3 is 3.12 bits per heavy atom. The van der Waals surface area contributed by atoms with Gasteiger partial charge in [-0.1, -0.05) is 12.2 Å². The first-order valence-corrected chi connectivity index (χ1v) is 6.69. The molecule has 0 amide bonds. The third-order valence-corrected chi connectivity index (χ3v) is 3.31. The number of hydrogen-bond donors (Lipinski definition) is 1. The molecule has 3 nitrogen and oxygen atoms in total. The SMILES string of the molecule is Cc1cnn(CCCNCC2CC=CCC2)c1. The highest BCUT2D eigenvalue weighted by atomic mass is 15.3. The van der Waals surface area contributed by atoms with Crippen molar-refractivity contribution >= 4 is 0 Å². The monoisotopic (exact) mass is 233 g/mol. The van der Waals surface area contributed by atoms with Crippen LogP contribution in [0.15, 0.2) is 24.5 Å². The van der Waals surface area contributed by atoms with Crippen LogP contribution < -0.4 is 5.32 Å². The summed E-state index contributed by atoms with van der Waals surface area (Å²) >= 11 is 0. The zero-order valence-electron chi connectivity index (χ0n) is 10.7. The van der Waals surface area contributed by atoms with Gasteiger partial charge in [-0.05, 0) is 57.2 Å². The van der Waals surface area contributed by atoms with Gasteiger partial charge >= 0.3 is 0 Å². The second kappa shape index (κ2) is 6.60. The number of aryl methyl sites for hydroxylation is 2. The summed E-state index contributed by atoms with van der Waals surface area (Å²) in [5.41, 5.74) is 1.24. The van der Waals surface area contributed by atoms with Gasteiger partial charge < -0.3 is 5.32 Å². The van der Waals surface area contributed by atoms with E-state index in [1.165, 1.54) is 31.4 Å². The molecular weight excluding hydrogens is 210 g/mol. The molecule has 0 aromatic carbocycles. The molecule has 1 unspecified atom stereocenters. The zero-order chi connectivity index (χ0) is 11.9. The summed E-state index contributed by atoms with van der Waals surface area (Å²) in [6.45, 7) is 5.37. The zero-order valence-corrected chi connectivity index (χ0v) is 10.7. The Kier molecular flexibility index (Phi) is 4.80. The van der Waals surface area contributed by atoms with Gasteiger partial charge in [-0.15, -0.1) is 0 Å². The van der Waals surface area contributed by atoms with Crippen LogP contribution in [0.5, 0.6) is 0 Å². The minimum atomic E-state index is 0.854. The highest BCUT2D eigenvalue weighted by Crippen LogP contribution is 2.16. The number of allylic oxidation sites excluding steroid dienone is 2. The highest BCUT2D eigenvalue weighted by Gasteiger charge is 2.08. The van der Waals surface area contributed by atoms with Crippen molar-refractivity contribution in [1.82, 2.24) is 15.1 Å². The summed E-state index contributed by atoms with van der Waals surface area (Å²) in [5.74, 6) is 0.854. The van der Waals surface area contributed by atoms with E-state index >= 15 is 0 Å². The molecule has 0 spiro atoms. The Bertz CT molecular complexity index is 354. The quantitative estimate of drug-likeness (QED) is 0.604. The number of nitrogens with zero attached hydrogens (tertiary/aromatic N) is 2. The fraction of sp³-hybridized carbons (Fsp3) is 0.643. The number of rotatable bonds is 6. The molecule has 3 heteroatoms. The lowest BCUT2D eigenvalue weighted by atomic mass is 9.94. The number of nitrogens with one attached hydrogen (secondary N) is 1. The lowest BCUT2D eigenvalue weighted by molar-refractivity contribution is 0.431. The standard InChI is InChI=1S/C14H23N3/c1-13-10-16-17(12-13)9-5-8-15-11-14-6-3-2-4-7-14/h2-3,10,12,14-15H,4-9,11H2,1H3. The average Bonchev–Trinajstić information content (AvgIpc) is 2.76. The van der Waals surface area contributed by atoms with Crippen molar-refractivity contribution in [2.45, 2.75) is 39.2 Å². The average molecular weight is 233 g/mol. The second-order valence-corrected chi connectivity index (χ2v) is 4.99. The van der Waals surface area contributed by atoms with E-state index in [1.807, 2.05) is 10.9 Å². The molecule has 1 atom stereocenters. The smallest absolute Gasteiger partial charge is 0.0518 e. The fourth-order valence-corrected chi connectivity index (χ4v) is 2.30. The summed E-state index contributed by atoms with van der Waals surface area (Å²) < 4.78 is 2.03. The molecule has 1 aromatic heterocycles. The molecular formula is C14H23N3. The Morgan fingerprint density at radius 1 is 1.47 bits per heavy atom. The summed E-state index contributed by atoms with van der Waals surface area (Å²) in [5, 5.41) is 7.84. The van der Waals surface area contributed by atoms with Crippen molar-refractivity contribution in [3.8, 4) is 0 Å². The topological polar surface area (TPSA) is 29.9 Å². The van der Waals surface area contributed by atoms with Gasteiger partial charge in [0.15, 0.2) is 0 Å². The van der Waals surface area contributed by atoms with E-state index in [-0.39, 0.29) is 0 Å². The molecule has 0 bridgehead atoms. The summed E-state index contributed by atoms with van der Waals surface area (Å²) in [6.07, 6.45) is 13.7. The van der Waals surface area contributed by atoms with Gasteiger partial charge in [0.05, 0.1) is 6.20 Å². The van der Waals surface area contributed by atoms with Crippen LogP contribution in [-0.4, -0.2) is 22.9 Å². The second-order valence-electron chi connectivity index (χ2n) is 4.99. The molecule has 2 rings (SSSR count). The molecule has 0 saturated carbocycles. The normalized spacial score (nSPS) is 19.7. The number of aromatic nitrogens is 2. The van der Waals surface area contributed by atoms with Crippen molar-refractivity contribution < 1.29 is 0 Å². The first kappa shape index (κ1) is 12.4. The highest BCUT2D eigenvalue weighted by molar-refractivity contribution is 4.99. The summed E-state index contributed by atoms with van der Waals surface area (Å²) in [6, 6.07) is 0. The van der Waals surface area contributed by atoms with Gasteiger partial charge in [-0.2, -0.15) is 5.10 Å². The van der Waals surface area contributed by atoms with Crippen LogP contribution in [0.1, 0.15) is 31.2 Å². The van der Waals surface area contributed by atoms with Crippen molar-refractivity contribution in [3.63, 3.8) is 0 Å². The maximum atomic E-state index is 4.28. The van der Waals surface area contributed by atoms with Gasteiger partial charge in [0.25, 0.3) is 0 Å². The minimum Gasteiger partial charge on any atom is -0.316 e. The van der Waals surface area contributed by atoms with Crippen LogP contribution in [0.2, 0.25) is 0 Å². The lowest BCUT2D eigenvalue weighted by Crippen LogP contribution is -2.25. The molecule has 17 heavy (non-hydrogen) atoms. The van der Waals surface area contributed by atoms with Crippen molar-refractivity contribution in [2.75, 3.05) is 13.1 Å². The van der Waals surface area contributed by atoms with Gasteiger partial charge in [0, 0.05) is 12.7 Å². The third kappa shape index (κ3) is 4.35. The first-order valence-electron chi connectivity index (χ1n) is 6.69. The lowest BCUT2D eigenvalue weighted by Gasteiger charge is -2.18. The molecule has 94 valence electrons. The largest absolute Gasteiger partial charge is 0.316 e. The molecule has 0 aliphatic heterocycles. The van der Waals surface area contributed by atoms with E-state index in [2.05, 4.69) is 35.7 Å². The van der Waals surface area contributed by atoms with E-state index in [0.717, 1.165) is 25.4 Å². The van der Waals surface area contributed by atoms with Crippen LogP contribution in [0.4, 0.5) is 0 Å². The predicted molar refractivity (Wildman–Crippen MR) is 70.9 cm³/mol. The van der Waals surface area contributed by atoms with Crippen LogP contribution in [0.3, 0.4) is 0 Å². The predicted octanol–water partition coefficient (Wildman–Crippen LogP) is 2.53. The van der Waals surface area contributed by atoms with Gasteiger partial charge in [-0.25, -0.2) is 0 Å². The van der Waals surface area contributed by atoms with Gasteiger partial charge in [0.1, 0.15) is 0 Å². The van der Waals surface area contributed by atoms with Gasteiger partial charge in [0.2, 0.25) is 0 Å². The Hall–Kier alpha value is -1.09. The molecule has 1 aliphatic rings. The van der Waals surface area contributed by atoms with Crippen LogP contribution in [-0.2, 0) is 6.54 Å². The van der Waals surface area contributed by atoms with Gasteiger partial charge in [-0.3, -0.25) is 4.68 Å². The van der Waals surface area contributed by atoms with E-state index in [1.54, 1.807) is 0 Å². The van der Waals surface area contributed by atoms with Crippen molar-refractivity contribution in [2.24, 2.45) is 5.92 Å². The first-order chi connectivity index (χ1) is 8.34. The van der Waals surface area contributed by atoms with E-state index in [9.17, 15) is 0 Å². The summed E-state index contributed by atoms with van der Waals surface area (Å²) in [4.78, 5) is 0. The summed E-state index contributed by atoms with van der Waals surface area (Å²) in [7, 11) is 0. The Balaban J connectivity index is 1.53. The van der Waals surface area contributed by atoms with E-state index in [4.69, 9.17) is 0 Å². The van der Waals surface area contributed by atoms with Crippen LogP contribution in [0.25, 0.3) is 0 Å². The molecule has 1 aliphatic carbocycles. The van der Waals surface area contributed by atoms with E-state index < -0.39 is 0 Å². The molecule has 0 saturated heterocycles. The van der Waals surface area contributed by atoms with E-state index in [0.29, 0.717) is 0 Å². The van der Waals surface area contributed by atoms with Crippen molar-refractivity contribution in [1.29, 1.82) is 0 Å². The van der Waals surface area contributed by atoms with Crippen LogP contribution >= 0.6 is 0 Å². The molecule has 0 fully saturated rings. The molecule has 1 aromatic rings. The van der Waals surface area contributed by atoms with Crippen LogP contribution in [0, 0.1) is 12.8 Å². The molecule has 0 radical (unpaired) electrons. The molecule has 1 heterocycles. The Labute approximate surface area is 104 Å². The third-order valence-electron chi connectivity index (χ3n) is 3.31. The molecule has 1 N–H and O–H groups in total. The fourth-order valence-electron chi connectivity index (χ4n) is 2.30. The Morgan fingerprint density at radius 2 is 2.41 bits per heavy atom. The maximum Gasteiger partial charge on any atom is 0.0518 e. The minimum absolute atomic E-state index is 0.854.